The SMILES string of the molecule is CNc1nc2cc(-c3cccc(CNC(=O)CNC(C)=O)c3)sc2c2c1ncn2C. The van der Waals surface area contributed by atoms with Crippen LogP contribution in [0.1, 0.15) is 12.5 Å². The molecular weight excluding hydrogens is 400 g/mol. The molecule has 0 unspecified atom stereocenters. The van der Waals surface area contributed by atoms with E-state index in [4.69, 9.17) is 4.98 Å². The molecule has 30 heavy (non-hydrogen) atoms. The summed E-state index contributed by atoms with van der Waals surface area (Å²) in [5.74, 6) is 0.312. The largest absolute Gasteiger partial charge is 0.371 e. The number of carbonyl (C=O) groups is 2. The van der Waals surface area contributed by atoms with Gasteiger partial charge in [-0.05, 0) is 23.3 Å². The zero-order chi connectivity index (χ0) is 21.3. The monoisotopic (exact) mass is 422 g/mol. The Labute approximate surface area is 177 Å². The molecule has 0 radical (unpaired) electrons. The van der Waals surface area contributed by atoms with Crippen LogP contribution in [-0.2, 0) is 23.2 Å². The molecule has 4 aromatic rings. The van der Waals surface area contributed by atoms with Gasteiger partial charge in [-0.2, -0.15) is 0 Å². The van der Waals surface area contributed by atoms with Crippen LogP contribution < -0.4 is 16.0 Å². The number of nitrogens with zero attached hydrogens (tertiary/aromatic N) is 3. The lowest BCUT2D eigenvalue weighted by Crippen LogP contribution is -2.35. The zero-order valence-corrected chi connectivity index (χ0v) is 17.8. The van der Waals surface area contributed by atoms with Gasteiger partial charge < -0.3 is 20.5 Å². The number of hydrogen-bond donors (Lipinski definition) is 3. The van der Waals surface area contributed by atoms with Gasteiger partial charge in [0.2, 0.25) is 11.8 Å². The van der Waals surface area contributed by atoms with Crippen LogP contribution in [0, 0.1) is 0 Å². The molecule has 0 saturated heterocycles. The van der Waals surface area contributed by atoms with Gasteiger partial charge in [-0.25, -0.2) is 9.97 Å². The van der Waals surface area contributed by atoms with Gasteiger partial charge in [0.05, 0.1) is 28.6 Å². The standard InChI is InChI=1S/C21H22N6O2S/c1-12(28)23-10-17(29)24-9-13-5-4-6-14(7-13)16-8-15-20(30-16)19-18(21(22-2)26-15)25-11-27(19)3/h4-8,11H,9-10H2,1-3H3,(H,22,26)(H,23,28)(H,24,29). The molecule has 0 spiro atoms. The fourth-order valence-corrected chi connectivity index (χ4v) is 4.48. The Hall–Kier alpha value is -3.46. The number of aryl methyl sites for hydroxylation is 1. The first-order valence-electron chi connectivity index (χ1n) is 9.49. The highest BCUT2D eigenvalue weighted by Gasteiger charge is 2.16. The third kappa shape index (κ3) is 3.84. The molecule has 0 bridgehead atoms. The molecule has 9 heteroatoms. The number of fused-ring (bicyclic) bond motifs is 3. The first kappa shape index (κ1) is 19.8. The molecule has 154 valence electrons. The van der Waals surface area contributed by atoms with Crippen LogP contribution in [-0.4, -0.2) is 39.9 Å². The molecule has 2 amide bonds. The maximum atomic E-state index is 11.8. The molecule has 4 rings (SSSR count). The number of hydrogen-bond acceptors (Lipinski definition) is 6. The predicted octanol–water partition coefficient (Wildman–Crippen LogP) is 2.64. The molecule has 0 atom stereocenters. The number of rotatable bonds is 6. The van der Waals surface area contributed by atoms with Gasteiger partial charge in [0.15, 0.2) is 5.82 Å². The Morgan fingerprint density at radius 2 is 2.03 bits per heavy atom. The summed E-state index contributed by atoms with van der Waals surface area (Å²) in [6.45, 7) is 1.76. The molecule has 0 aliphatic rings. The summed E-state index contributed by atoms with van der Waals surface area (Å²) < 4.78 is 3.11. The number of imidazole rings is 1. The fraction of sp³-hybridized carbons (Fsp3) is 0.238. The summed E-state index contributed by atoms with van der Waals surface area (Å²) in [5, 5.41) is 8.44. The summed E-state index contributed by atoms with van der Waals surface area (Å²) in [7, 11) is 3.83. The van der Waals surface area contributed by atoms with Crippen molar-refractivity contribution in [2.24, 2.45) is 7.05 Å². The van der Waals surface area contributed by atoms with E-state index in [1.165, 1.54) is 6.92 Å². The van der Waals surface area contributed by atoms with Crippen molar-refractivity contribution in [1.29, 1.82) is 0 Å². The van der Waals surface area contributed by atoms with Crippen LogP contribution >= 0.6 is 11.3 Å². The highest BCUT2D eigenvalue weighted by molar-refractivity contribution is 7.23. The first-order valence-corrected chi connectivity index (χ1v) is 10.3. The van der Waals surface area contributed by atoms with Crippen LogP contribution in [0.4, 0.5) is 5.82 Å². The predicted molar refractivity (Wildman–Crippen MR) is 119 cm³/mol. The van der Waals surface area contributed by atoms with E-state index in [1.807, 2.05) is 36.9 Å². The van der Waals surface area contributed by atoms with E-state index in [2.05, 4.69) is 33.1 Å². The molecule has 0 aliphatic heterocycles. The summed E-state index contributed by atoms with van der Waals surface area (Å²) in [6, 6.07) is 10.1. The molecule has 0 fully saturated rings. The summed E-state index contributed by atoms with van der Waals surface area (Å²) in [4.78, 5) is 33.1. The molecule has 3 heterocycles. The molecule has 3 aromatic heterocycles. The number of anilines is 1. The Kier molecular flexibility index (Phi) is 5.37. The van der Waals surface area contributed by atoms with Crippen molar-refractivity contribution >= 4 is 50.2 Å². The average molecular weight is 423 g/mol. The van der Waals surface area contributed by atoms with Gasteiger partial charge in [0.1, 0.15) is 5.52 Å². The van der Waals surface area contributed by atoms with Gasteiger partial charge in [0.25, 0.3) is 0 Å². The van der Waals surface area contributed by atoms with Gasteiger partial charge in [-0.3, -0.25) is 9.59 Å². The Morgan fingerprint density at radius 3 is 2.80 bits per heavy atom. The minimum atomic E-state index is -0.227. The Bertz CT molecular complexity index is 1260. The topological polar surface area (TPSA) is 101 Å². The number of thiophene rings is 1. The number of nitrogens with one attached hydrogen (secondary N) is 3. The van der Waals surface area contributed by atoms with Crippen LogP contribution in [0.2, 0.25) is 0 Å². The Morgan fingerprint density at radius 1 is 1.20 bits per heavy atom. The van der Waals surface area contributed by atoms with Gasteiger partial charge in [-0.15, -0.1) is 11.3 Å². The number of benzene rings is 1. The third-order valence-electron chi connectivity index (χ3n) is 4.76. The smallest absolute Gasteiger partial charge is 0.239 e. The summed E-state index contributed by atoms with van der Waals surface area (Å²) in [6.07, 6.45) is 1.80. The van der Waals surface area contributed by atoms with E-state index in [1.54, 1.807) is 17.7 Å². The highest BCUT2D eigenvalue weighted by Crippen LogP contribution is 2.38. The summed E-state index contributed by atoms with van der Waals surface area (Å²) in [5.41, 5.74) is 4.88. The van der Waals surface area contributed by atoms with Crippen molar-refractivity contribution in [2.75, 3.05) is 18.9 Å². The second kappa shape index (κ2) is 8.11. The van der Waals surface area contributed by atoms with E-state index in [0.29, 0.717) is 6.54 Å². The van der Waals surface area contributed by atoms with Crippen molar-refractivity contribution in [3.63, 3.8) is 0 Å². The van der Waals surface area contributed by atoms with Crippen LogP contribution in [0.25, 0.3) is 31.7 Å². The number of amides is 2. The van der Waals surface area contributed by atoms with Crippen LogP contribution in [0.3, 0.4) is 0 Å². The maximum absolute atomic E-state index is 11.8. The quantitative estimate of drug-likeness (QED) is 0.443. The van der Waals surface area contributed by atoms with Crippen molar-refractivity contribution in [3.05, 3.63) is 42.2 Å². The van der Waals surface area contributed by atoms with E-state index in [-0.39, 0.29) is 18.4 Å². The lowest BCUT2D eigenvalue weighted by molar-refractivity contribution is -0.125. The van der Waals surface area contributed by atoms with E-state index < -0.39 is 0 Å². The van der Waals surface area contributed by atoms with Crippen LogP contribution in [0.5, 0.6) is 0 Å². The lowest BCUT2D eigenvalue weighted by Gasteiger charge is -2.07. The van der Waals surface area contributed by atoms with E-state index >= 15 is 0 Å². The highest BCUT2D eigenvalue weighted by atomic mass is 32.1. The molecule has 8 nitrogen and oxygen atoms in total. The Balaban J connectivity index is 1.62. The van der Waals surface area contributed by atoms with Gasteiger partial charge in [0, 0.05) is 32.4 Å². The van der Waals surface area contributed by atoms with Crippen molar-refractivity contribution in [2.45, 2.75) is 13.5 Å². The van der Waals surface area contributed by atoms with Crippen molar-refractivity contribution < 1.29 is 9.59 Å². The van der Waals surface area contributed by atoms with E-state index in [9.17, 15) is 9.59 Å². The number of aromatic nitrogens is 3. The number of carbonyl (C=O) groups excluding carboxylic acids is 2. The second-order valence-corrected chi connectivity index (χ2v) is 8.03. The zero-order valence-electron chi connectivity index (χ0n) is 16.9. The minimum Gasteiger partial charge on any atom is -0.371 e. The van der Waals surface area contributed by atoms with Gasteiger partial charge in [-0.1, -0.05) is 18.2 Å². The number of pyridine rings is 1. The molecule has 3 N–H and O–H groups in total. The van der Waals surface area contributed by atoms with E-state index in [0.717, 1.165) is 43.1 Å². The lowest BCUT2D eigenvalue weighted by atomic mass is 10.1. The average Bonchev–Trinajstić information content (AvgIpc) is 3.33. The summed E-state index contributed by atoms with van der Waals surface area (Å²) >= 11 is 1.68. The van der Waals surface area contributed by atoms with Crippen molar-refractivity contribution in [3.8, 4) is 10.4 Å². The molecule has 1 aromatic carbocycles. The third-order valence-corrected chi connectivity index (χ3v) is 5.94. The molecule has 0 aliphatic carbocycles. The van der Waals surface area contributed by atoms with Crippen molar-refractivity contribution in [1.82, 2.24) is 25.2 Å². The normalized spacial score (nSPS) is 11.0. The van der Waals surface area contributed by atoms with Crippen LogP contribution in [0.15, 0.2) is 36.7 Å². The first-order chi connectivity index (χ1) is 14.5. The fourth-order valence-electron chi connectivity index (χ4n) is 3.30. The molecule has 0 saturated carbocycles. The second-order valence-electron chi connectivity index (χ2n) is 6.97. The van der Waals surface area contributed by atoms with Gasteiger partial charge >= 0.3 is 0 Å². The maximum Gasteiger partial charge on any atom is 0.239 e. The minimum absolute atomic E-state index is 0.0223. The molecular formula is C21H22N6O2S.